The van der Waals surface area contributed by atoms with E-state index in [1.54, 1.807) is 11.0 Å². The van der Waals surface area contributed by atoms with E-state index in [-0.39, 0.29) is 12.5 Å². The van der Waals surface area contributed by atoms with Crippen LogP contribution in [0.1, 0.15) is 30.6 Å². The molecule has 0 radical (unpaired) electrons. The quantitative estimate of drug-likeness (QED) is 0.804. The standard InChI is InChI=1S/C13H20ClN3O2/c1-3-15-12-8-10(11(14)9-16-12)13(19)17(4-2)6-5-7-18/h8-9,18H,3-7H2,1-2H3,(H,15,16). The van der Waals surface area contributed by atoms with Gasteiger partial charge in [0.05, 0.1) is 10.6 Å². The smallest absolute Gasteiger partial charge is 0.255 e. The van der Waals surface area contributed by atoms with E-state index in [0.717, 1.165) is 6.54 Å². The van der Waals surface area contributed by atoms with Crippen molar-refractivity contribution in [2.75, 3.05) is 31.6 Å². The molecule has 19 heavy (non-hydrogen) atoms. The largest absolute Gasteiger partial charge is 0.396 e. The molecular weight excluding hydrogens is 266 g/mol. The Hall–Kier alpha value is -1.33. The van der Waals surface area contributed by atoms with Crippen LogP contribution < -0.4 is 5.32 Å². The summed E-state index contributed by atoms with van der Waals surface area (Å²) < 4.78 is 0. The van der Waals surface area contributed by atoms with E-state index in [1.165, 1.54) is 6.20 Å². The summed E-state index contributed by atoms with van der Waals surface area (Å²) in [6.45, 7) is 5.74. The van der Waals surface area contributed by atoms with Crippen LogP contribution in [0.2, 0.25) is 5.02 Å². The predicted octanol–water partition coefficient (Wildman–Crippen LogP) is 2.01. The lowest BCUT2D eigenvalue weighted by molar-refractivity contribution is 0.0754. The number of carbonyl (C=O) groups is 1. The van der Waals surface area contributed by atoms with Crippen molar-refractivity contribution in [3.8, 4) is 0 Å². The maximum Gasteiger partial charge on any atom is 0.255 e. The van der Waals surface area contributed by atoms with Crippen LogP contribution in [0, 0.1) is 0 Å². The van der Waals surface area contributed by atoms with Crippen LogP contribution in [0.4, 0.5) is 5.82 Å². The maximum atomic E-state index is 12.4. The first-order valence-electron chi connectivity index (χ1n) is 6.43. The van der Waals surface area contributed by atoms with E-state index < -0.39 is 0 Å². The second-order valence-electron chi connectivity index (χ2n) is 4.04. The lowest BCUT2D eigenvalue weighted by Crippen LogP contribution is -2.32. The Bertz CT molecular complexity index is 426. The van der Waals surface area contributed by atoms with Crippen molar-refractivity contribution in [3.63, 3.8) is 0 Å². The molecule has 1 amide bonds. The van der Waals surface area contributed by atoms with E-state index in [2.05, 4.69) is 10.3 Å². The highest BCUT2D eigenvalue weighted by molar-refractivity contribution is 6.33. The van der Waals surface area contributed by atoms with Crippen molar-refractivity contribution in [3.05, 3.63) is 22.8 Å². The third kappa shape index (κ3) is 4.36. The summed E-state index contributed by atoms with van der Waals surface area (Å²) in [5.41, 5.74) is 0.437. The number of hydrogen-bond donors (Lipinski definition) is 2. The molecule has 0 unspecified atom stereocenters. The number of anilines is 1. The van der Waals surface area contributed by atoms with Crippen LogP contribution in [0.3, 0.4) is 0 Å². The number of amides is 1. The molecule has 0 aliphatic rings. The van der Waals surface area contributed by atoms with Crippen molar-refractivity contribution >= 4 is 23.3 Å². The summed E-state index contributed by atoms with van der Waals surface area (Å²) in [7, 11) is 0. The van der Waals surface area contributed by atoms with Crippen LogP contribution in [0.15, 0.2) is 12.3 Å². The van der Waals surface area contributed by atoms with Gasteiger partial charge in [-0.05, 0) is 26.3 Å². The minimum absolute atomic E-state index is 0.0660. The SMILES string of the molecule is CCNc1cc(C(=O)N(CC)CCCO)c(Cl)cn1. The van der Waals surface area contributed by atoms with Crippen molar-refractivity contribution < 1.29 is 9.90 Å². The molecule has 0 aliphatic heterocycles. The Kier molecular flexibility index (Phi) is 6.59. The van der Waals surface area contributed by atoms with Gasteiger partial charge in [-0.1, -0.05) is 11.6 Å². The van der Waals surface area contributed by atoms with Gasteiger partial charge in [-0.15, -0.1) is 0 Å². The number of aromatic nitrogens is 1. The molecule has 0 saturated carbocycles. The molecule has 1 aromatic heterocycles. The molecule has 0 fully saturated rings. The van der Waals surface area contributed by atoms with Gasteiger partial charge in [0.2, 0.25) is 0 Å². The molecule has 0 saturated heterocycles. The minimum Gasteiger partial charge on any atom is -0.396 e. The number of pyridine rings is 1. The van der Waals surface area contributed by atoms with E-state index in [0.29, 0.717) is 35.9 Å². The first-order valence-corrected chi connectivity index (χ1v) is 6.81. The maximum absolute atomic E-state index is 12.4. The van der Waals surface area contributed by atoms with Gasteiger partial charge in [0.15, 0.2) is 0 Å². The predicted molar refractivity (Wildman–Crippen MR) is 76.7 cm³/mol. The Balaban J connectivity index is 2.92. The molecule has 0 spiro atoms. The number of halogens is 1. The number of nitrogens with one attached hydrogen (secondary N) is 1. The van der Waals surface area contributed by atoms with E-state index >= 15 is 0 Å². The molecule has 0 aliphatic carbocycles. The second kappa shape index (κ2) is 7.96. The normalized spacial score (nSPS) is 10.3. The summed E-state index contributed by atoms with van der Waals surface area (Å²) >= 11 is 6.04. The van der Waals surface area contributed by atoms with Crippen molar-refractivity contribution in [2.45, 2.75) is 20.3 Å². The Morgan fingerprint density at radius 3 is 2.84 bits per heavy atom. The van der Waals surface area contributed by atoms with E-state index in [1.807, 2.05) is 13.8 Å². The molecule has 1 rings (SSSR count). The Labute approximate surface area is 118 Å². The number of rotatable bonds is 7. The third-order valence-corrected chi connectivity index (χ3v) is 3.00. The van der Waals surface area contributed by atoms with Crippen molar-refractivity contribution in [1.29, 1.82) is 0 Å². The number of aliphatic hydroxyl groups is 1. The summed E-state index contributed by atoms with van der Waals surface area (Å²) in [6, 6.07) is 1.66. The Morgan fingerprint density at radius 1 is 1.53 bits per heavy atom. The number of aliphatic hydroxyl groups excluding tert-OH is 1. The highest BCUT2D eigenvalue weighted by Gasteiger charge is 2.17. The summed E-state index contributed by atoms with van der Waals surface area (Å²) in [4.78, 5) is 18.1. The average molecular weight is 286 g/mol. The van der Waals surface area contributed by atoms with Crippen LogP contribution in [0.5, 0.6) is 0 Å². The van der Waals surface area contributed by atoms with Crippen LogP contribution >= 0.6 is 11.6 Å². The highest BCUT2D eigenvalue weighted by atomic mass is 35.5. The van der Waals surface area contributed by atoms with Gasteiger partial charge in [0.25, 0.3) is 5.91 Å². The fourth-order valence-corrected chi connectivity index (χ4v) is 1.90. The number of hydrogen-bond acceptors (Lipinski definition) is 4. The monoisotopic (exact) mass is 285 g/mol. The molecule has 5 nitrogen and oxygen atoms in total. The fraction of sp³-hybridized carbons (Fsp3) is 0.538. The third-order valence-electron chi connectivity index (χ3n) is 2.70. The summed E-state index contributed by atoms with van der Waals surface area (Å²) in [5.74, 6) is 0.496. The summed E-state index contributed by atoms with van der Waals surface area (Å²) in [6.07, 6.45) is 2.04. The highest BCUT2D eigenvalue weighted by Crippen LogP contribution is 2.20. The number of nitrogens with zero attached hydrogens (tertiary/aromatic N) is 2. The van der Waals surface area contributed by atoms with Gasteiger partial charge >= 0.3 is 0 Å². The zero-order valence-electron chi connectivity index (χ0n) is 11.3. The molecule has 6 heteroatoms. The minimum atomic E-state index is -0.137. The van der Waals surface area contributed by atoms with Crippen LogP contribution in [-0.4, -0.2) is 47.1 Å². The van der Waals surface area contributed by atoms with E-state index in [4.69, 9.17) is 16.7 Å². The first kappa shape index (κ1) is 15.7. The molecule has 2 N–H and O–H groups in total. The molecule has 1 aromatic rings. The average Bonchev–Trinajstić information content (AvgIpc) is 2.42. The Morgan fingerprint density at radius 2 is 2.26 bits per heavy atom. The van der Waals surface area contributed by atoms with Gasteiger partial charge in [-0.25, -0.2) is 4.98 Å². The van der Waals surface area contributed by atoms with Gasteiger partial charge in [0.1, 0.15) is 5.82 Å². The second-order valence-corrected chi connectivity index (χ2v) is 4.45. The molecule has 1 heterocycles. The molecule has 106 valence electrons. The van der Waals surface area contributed by atoms with Crippen molar-refractivity contribution in [1.82, 2.24) is 9.88 Å². The topological polar surface area (TPSA) is 65.5 Å². The van der Waals surface area contributed by atoms with Crippen molar-refractivity contribution in [2.24, 2.45) is 0 Å². The summed E-state index contributed by atoms with van der Waals surface area (Å²) in [5, 5.41) is 12.2. The van der Waals surface area contributed by atoms with Crippen LogP contribution in [-0.2, 0) is 0 Å². The molecular formula is C13H20ClN3O2. The first-order chi connectivity index (χ1) is 9.13. The zero-order valence-corrected chi connectivity index (χ0v) is 12.1. The van der Waals surface area contributed by atoms with Gasteiger partial charge < -0.3 is 15.3 Å². The zero-order chi connectivity index (χ0) is 14.3. The lowest BCUT2D eigenvalue weighted by atomic mass is 10.2. The molecule has 0 atom stereocenters. The lowest BCUT2D eigenvalue weighted by Gasteiger charge is -2.21. The van der Waals surface area contributed by atoms with Gasteiger partial charge in [-0.2, -0.15) is 0 Å². The van der Waals surface area contributed by atoms with E-state index in [9.17, 15) is 4.79 Å². The fourth-order valence-electron chi connectivity index (χ4n) is 1.72. The van der Waals surface area contributed by atoms with Gasteiger partial charge in [0, 0.05) is 32.4 Å². The molecule has 0 aromatic carbocycles. The number of carbonyl (C=O) groups excluding carboxylic acids is 1. The van der Waals surface area contributed by atoms with Crippen LogP contribution in [0.25, 0.3) is 0 Å². The van der Waals surface area contributed by atoms with Gasteiger partial charge in [-0.3, -0.25) is 4.79 Å². The molecule has 0 bridgehead atoms.